The van der Waals surface area contributed by atoms with E-state index in [0.29, 0.717) is 0 Å². The molecule has 0 spiro atoms. The van der Waals surface area contributed by atoms with Gasteiger partial charge in [-0.3, -0.25) is 0 Å². The van der Waals surface area contributed by atoms with E-state index in [1.54, 1.807) is 11.3 Å². The maximum Gasteiger partial charge on any atom is 0.0709 e. The van der Waals surface area contributed by atoms with Gasteiger partial charge < -0.3 is 0 Å². The van der Waals surface area contributed by atoms with Crippen molar-refractivity contribution in [2.75, 3.05) is 0 Å². The summed E-state index contributed by atoms with van der Waals surface area (Å²) in [6, 6.07) is 16.6. The van der Waals surface area contributed by atoms with Gasteiger partial charge >= 0.3 is 0 Å². The minimum Gasteiger partial charge on any atom is -0.248 e. The average Bonchev–Trinajstić information content (AvgIpc) is 2.82. The van der Waals surface area contributed by atoms with Crippen molar-refractivity contribution in [1.82, 2.24) is 4.98 Å². The van der Waals surface area contributed by atoms with E-state index in [-0.39, 0.29) is 0 Å². The van der Waals surface area contributed by atoms with Crippen LogP contribution < -0.4 is 0 Å². The van der Waals surface area contributed by atoms with Gasteiger partial charge in [-0.05, 0) is 43.3 Å². The molecule has 0 aliphatic carbocycles. The van der Waals surface area contributed by atoms with E-state index in [2.05, 4.69) is 54.4 Å². The molecular formula is C16H13NS. The largest absolute Gasteiger partial charge is 0.248 e. The first-order valence-corrected chi connectivity index (χ1v) is 6.73. The number of aromatic nitrogens is 1. The molecule has 18 heavy (non-hydrogen) atoms. The maximum absolute atomic E-state index is 4.61. The van der Waals surface area contributed by atoms with Crippen molar-refractivity contribution in [2.45, 2.75) is 6.92 Å². The lowest BCUT2D eigenvalue weighted by Crippen LogP contribution is -1.81. The monoisotopic (exact) mass is 251 g/mol. The average molecular weight is 251 g/mol. The van der Waals surface area contributed by atoms with Gasteiger partial charge in [0.05, 0.1) is 11.2 Å². The number of hydrogen-bond donors (Lipinski definition) is 0. The predicted octanol–water partition coefficient (Wildman–Crippen LogP) is 4.78. The van der Waals surface area contributed by atoms with E-state index in [9.17, 15) is 0 Å². The number of benzene rings is 1. The SMILES string of the molecule is Cc1ccc(/C=C/c2ccc3ccccc3n2)s1. The molecule has 1 aromatic carbocycles. The fourth-order valence-electron chi connectivity index (χ4n) is 1.89. The molecule has 0 amide bonds. The minimum atomic E-state index is 1.000. The number of aryl methyl sites for hydroxylation is 1. The Kier molecular flexibility index (Phi) is 2.95. The first-order chi connectivity index (χ1) is 8.81. The van der Waals surface area contributed by atoms with Crippen LogP contribution in [0.5, 0.6) is 0 Å². The lowest BCUT2D eigenvalue weighted by molar-refractivity contribution is 1.37. The molecule has 2 heteroatoms. The van der Waals surface area contributed by atoms with Crippen molar-refractivity contribution in [3.8, 4) is 0 Å². The summed E-state index contributed by atoms with van der Waals surface area (Å²) in [6.45, 7) is 2.12. The third kappa shape index (κ3) is 2.34. The zero-order valence-electron chi connectivity index (χ0n) is 10.1. The molecule has 0 aliphatic heterocycles. The first kappa shape index (κ1) is 11.2. The highest BCUT2D eigenvalue weighted by Gasteiger charge is 1.95. The van der Waals surface area contributed by atoms with E-state index in [0.717, 1.165) is 11.2 Å². The summed E-state index contributed by atoms with van der Waals surface area (Å²) in [5.74, 6) is 0. The number of para-hydroxylation sites is 1. The van der Waals surface area contributed by atoms with E-state index in [1.165, 1.54) is 15.1 Å². The normalized spacial score (nSPS) is 11.4. The number of fused-ring (bicyclic) bond motifs is 1. The highest BCUT2D eigenvalue weighted by Crippen LogP contribution is 2.18. The Hall–Kier alpha value is -1.93. The smallest absolute Gasteiger partial charge is 0.0709 e. The lowest BCUT2D eigenvalue weighted by Gasteiger charge is -1.97. The van der Waals surface area contributed by atoms with E-state index in [1.807, 2.05) is 18.2 Å². The standard InChI is InChI=1S/C16H13NS/c1-12-6-10-15(18-12)11-9-14-8-7-13-4-2-3-5-16(13)17-14/h2-11H,1H3/b11-9+. The molecule has 0 bridgehead atoms. The van der Waals surface area contributed by atoms with Crippen LogP contribution in [0.15, 0.2) is 48.5 Å². The molecule has 2 heterocycles. The zero-order chi connectivity index (χ0) is 12.4. The van der Waals surface area contributed by atoms with Gasteiger partial charge in [0, 0.05) is 15.1 Å². The van der Waals surface area contributed by atoms with Crippen LogP contribution in [0.2, 0.25) is 0 Å². The second-order valence-electron chi connectivity index (χ2n) is 4.21. The number of pyridine rings is 1. The van der Waals surface area contributed by atoms with Crippen molar-refractivity contribution in [3.05, 3.63) is 64.0 Å². The van der Waals surface area contributed by atoms with E-state index >= 15 is 0 Å². The molecule has 1 nitrogen and oxygen atoms in total. The van der Waals surface area contributed by atoms with Crippen LogP contribution in [-0.2, 0) is 0 Å². The molecule has 0 radical (unpaired) electrons. The topological polar surface area (TPSA) is 12.9 Å². The van der Waals surface area contributed by atoms with E-state index < -0.39 is 0 Å². The zero-order valence-corrected chi connectivity index (χ0v) is 10.9. The Balaban J connectivity index is 1.93. The highest BCUT2D eigenvalue weighted by atomic mass is 32.1. The van der Waals surface area contributed by atoms with E-state index in [4.69, 9.17) is 0 Å². The van der Waals surface area contributed by atoms with Crippen molar-refractivity contribution < 1.29 is 0 Å². The van der Waals surface area contributed by atoms with Crippen LogP contribution >= 0.6 is 11.3 Å². The second-order valence-corrected chi connectivity index (χ2v) is 5.53. The lowest BCUT2D eigenvalue weighted by atomic mass is 10.2. The Morgan fingerprint density at radius 1 is 0.944 bits per heavy atom. The van der Waals surface area contributed by atoms with Crippen LogP contribution in [0, 0.1) is 6.92 Å². The molecule has 0 unspecified atom stereocenters. The third-order valence-corrected chi connectivity index (χ3v) is 3.77. The molecule has 0 saturated carbocycles. The summed E-state index contributed by atoms with van der Waals surface area (Å²) in [5, 5.41) is 1.18. The molecule has 0 fully saturated rings. The van der Waals surface area contributed by atoms with Crippen molar-refractivity contribution >= 4 is 34.4 Å². The highest BCUT2D eigenvalue weighted by molar-refractivity contribution is 7.12. The summed E-state index contributed by atoms with van der Waals surface area (Å²) in [6.07, 6.45) is 4.19. The summed E-state index contributed by atoms with van der Waals surface area (Å²) < 4.78 is 0. The maximum atomic E-state index is 4.61. The van der Waals surface area contributed by atoms with Gasteiger partial charge in [-0.2, -0.15) is 0 Å². The number of thiophene rings is 1. The van der Waals surface area contributed by atoms with Gasteiger partial charge in [0.1, 0.15) is 0 Å². The second kappa shape index (κ2) is 4.75. The molecule has 0 atom stereocenters. The van der Waals surface area contributed by atoms with Crippen molar-refractivity contribution in [3.63, 3.8) is 0 Å². The Labute approximate surface area is 110 Å². The van der Waals surface area contributed by atoms with Crippen LogP contribution in [0.3, 0.4) is 0 Å². The van der Waals surface area contributed by atoms with Crippen molar-refractivity contribution in [1.29, 1.82) is 0 Å². The minimum absolute atomic E-state index is 1.000. The van der Waals surface area contributed by atoms with Gasteiger partial charge in [0.15, 0.2) is 0 Å². The summed E-state index contributed by atoms with van der Waals surface area (Å²) in [4.78, 5) is 7.22. The summed E-state index contributed by atoms with van der Waals surface area (Å²) in [7, 11) is 0. The Morgan fingerprint density at radius 3 is 2.67 bits per heavy atom. The molecule has 2 aromatic heterocycles. The molecule has 3 aromatic rings. The number of rotatable bonds is 2. The van der Waals surface area contributed by atoms with Gasteiger partial charge in [-0.1, -0.05) is 24.3 Å². The summed E-state index contributed by atoms with van der Waals surface area (Å²) >= 11 is 1.80. The molecule has 0 N–H and O–H groups in total. The van der Waals surface area contributed by atoms with Gasteiger partial charge in [0.25, 0.3) is 0 Å². The van der Waals surface area contributed by atoms with Gasteiger partial charge in [-0.15, -0.1) is 11.3 Å². The Morgan fingerprint density at radius 2 is 1.83 bits per heavy atom. The van der Waals surface area contributed by atoms with Crippen molar-refractivity contribution in [2.24, 2.45) is 0 Å². The molecule has 0 aliphatic rings. The first-order valence-electron chi connectivity index (χ1n) is 5.91. The number of nitrogens with zero attached hydrogens (tertiary/aromatic N) is 1. The third-order valence-electron chi connectivity index (χ3n) is 2.80. The number of hydrogen-bond acceptors (Lipinski definition) is 2. The fraction of sp³-hybridized carbons (Fsp3) is 0.0625. The molecular weight excluding hydrogens is 238 g/mol. The quantitative estimate of drug-likeness (QED) is 0.639. The predicted molar refractivity (Wildman–Crippen MR) is 79.7 cm³/mol. The summed E-state index contributed by atoms with van der Waals surface area (Å²) in [5.41, 5.74) is 2.04. The van der Waals surface area contributed by atoms with Crippen LogP contribution in [-0.4, -0.2) is 4.98 Å². The van der Waals surface area contributed by atoms with Crippen LogP contribution in [0.25, 0.3) is 23.1 Å². The van der Waals surface area contributed by atoms with Gasteiger partial charge in [-0.25, -0.2) is 4.98 Å². The Bertz CT molecular complexity index is 710. The molecule has 3 rings (SSSR count). The fourth-order valence-corrected chi connectivity index (χ4v) is 2.67. The van der Waals surface area contributed by atoms with Gasteiger partial charge in [0.2, 0.25) is 0 Å². The van der Waals surface area contributed by atoms with Crippen LogP contribution in [0.4, 0.5) is 0 Å². The van der Waals surface area contributed by atoms with Crippen LogP contribution in [0.1, 0.15) is 15.4 Å². The molecule has 88 valence electrons. The molecule has 0 saturated heterocycles.